The highest BCUT2D eigenvalue weighted by Gasteiger charge is 2.19. The van der Waals surface area contributed by atoms with Crippen molar-refractivity contribution in [2.24, 2.45) is 0 Å². The van der Waals surface area contributed by atoms with Crippen LogP contribution < -0.4 is 10.9 Å². The molecule has 0 saturated carbocycles. The number of hydrogen-bond donors (Lipinski definition) is 3. The molecule has 0 unspecified atom stereocenters. The molecule has 0 heterocycles. The maximum atomic E-state index is 12.2. The van der Waals surface area contributed by atoms with E-state index in [0.29, 0.717) is 0 Å². The highest BCUT2D eigenvalue weighted by Crippen LogP contribution is 2.21. The minimum absolute atomic E-state index is 0.0311. The van der Waals surface area contributed by atoms with Gasteiger partial charge in [0.05, 0.1) is 10.5 Å². The number of nitrogens with one attached hydrogen (secondary N) is 2. The van der Waals surface area contributed by atoms with E-state index >= 15 is 0 Å². The van der Waals surface area contributed by atoms with Crippen molar-refractivity contribution in [2.45, 2.75) is 4.90 Å². The molecule has 26 heavy (non-hydrogen) atoms. The smallest absolute Gasteiger partial charge is 0.273 e. The Kier molecular flexibility index (Phi) is 5.86. The van der Waals surface area contributed by atoms with Crippen molar-refractivity contribution < 1.29 is 23.1 Å². The molecule has 0 fully saturated rings. The SMILES string of the molecule is CN(C)S(=O)(=O)c1cccc(C(=O)NNC(=O)c2cc(Cl)ccc2O)c1. The average Bonchev–Trinajstić information content (AvgIpc) is 2.61. The van der Waals surface area contributed by atoms with Crippen LogP contribution in [0.1, 0.15) is 20.7 Å². The van der Waals surface area contributed by atoms with E-state index in [1.807, 2.05) is 0 Å². The fourth-order valence-corrected chi connectivity index (χ4v) is 3.07. The number of sulfonamides is 1. The molecule has 8 nitrogen and oxygen atoms in total. The van der Waals surface area contributed by atoms with Gasteiger partial charge in [0.1, 0.15) is 5.75 Å². The predicted octanol–water partition coefficient (Wildman–Crippen LogP) is 1.37. The number of aromatic hydroxyl groups is 1. The van der Waals surface area contributed by atoms with E-state index in [9.17, 15) is 23.1 Å². The zero-order valence-corrected chi connectivity index (χ0v) is 15.4. The number of phenols is 1. The van der Waals surface area contributed by atoms with E-state index in [1.54, 1.807) is 0 Å². The van der Waals surface area contributed by atoms with Gasteiger partial charge in [-0.25, -0.2) is 12.7 Å². The van der Waals surface area contributed by atoms with Gasteiger partial charge in [0.25, 0.3) is 11.8 Å². The second-order valence-electron chi connectivity index (χ2n) is 5.38. The van der Waals surface area contributed by atoms with Crippen LogP contribution in [0.5, 0.6) is 5.75 Å². The zero-order chi connectivity index (χ0) is 19.5. The van der Waals surface area contributed by atoms with E-state index in [0.717, 1.165) is 4.31 Å². The Morgan fingerprint density at radius 1 is 1.04 bits per heavy atom. The molecule has 2 amide bonds. The molecule has 0 saturated heterocycles. The Morgan fingerprint density at radius 3 is 2.35 bits per heavy atom. The van der Waals surface area contributed by atoms with Gasteiger partial charge < -0.3 is 5.11 Å². The number of carbonyl (C=O) groups excluding carboxylic acids is 2. The molecule has 2 aromatic carbocycles. The van der Waals surface area contributed by atoms with Crippen molar-refractivity contribution in [3.8, 4) is 5.75 Å². The molecule has 138 valence electrons. The minimum Gasteiger partial charge on any atom is -0.507 e. The summed E-state index contributed by atoms with van der Waals surface area (Å²) in [5.74, 6) is -1.81. The largest absolute Gasteiger partial charge is 0.507 e. The van der Waals surface area contributed by atoms with Crippen LogP contribution in [0.3, 0.4) is 0 Å². The van der Waals surface area contributed by atoms with Crippen molar-refractivity contribution >= 4 is 33.4 Å². The lowest BCUT2D eigenvalue weighted by Gasteiger charge is -2.12. The Morgan fingerprint density at radius 2 is 1.69 bits per heavy atom. The Hall–Kier alpha value is -2.62. The van der Waals surface area contributed by atoms with Gasteiger partial charge in [-0.2, -0.15) is 0 Å². The number of halogens is 1. The Balaban J connectivity index is 2.14. The molecule has 0 radical (unpaired) electrons. The van der Waals surface area contributed by atoms with Crippen LogP contribution in [-0.2, 0) is 10.0 Å². The first kappa shape index (κ1) is 19.7. The molecule has 0 atom stereocenters. The topological polar surface area (TPSA) is 116 Å². The molecule has 0 bridgehead atoms. The third kappa shape index (κ3) is 4.31. The minimum atomic E-state index is -3.70. The maximum Gasteiger partial charge on any atom is 0.273 e. The normalized spacial score (nSPS) is 11.2. The molecule has 2 rings (SSSR count). The van der Waals surface area contributed by atoms with E-state index < -0.39 is 21.8 Å². The molecule has 0 aliphatic carbocycles. The summed E-state index contributed by atoms with van der Waals surface area (Å²) in [6, 6.07) is 9.24. The molecule has 3 N–H and O–H groups in total. The molecule has 2 aromatic rings. The molecular weight excluding hydrogens is 382 g/mol. The Bertz CT molecular complexity index is 960. The summed E-state index contributed by atoms with van der Waals surface area (Å²) in [6.07, 6.45) is 0. The molecule has 10 heteroatoms. The van der Waals surface area contributed by atoms with Gasteiger partial charge in [-0.3, -0.25) is 20.4 Å². The maximum absolute atomic E-state index is 12.2. The average molecular weight is 398 g/mol. The third-order valence-corrected chi connectivity index (χ3v) is 5.41. The fourth-order valence-electron chi connectivity index (χ4n) is 1.95. The first-order valence-corrected chi connectivity index (χ1v) is 9.06. The van der Waals surface area contributed by atoms with Crippen LogP contribution in [0.15, 0.2) is 47.4 Å². The lowest BCUT2D eigenvalue weighted by Crippen LogP contribution is -2.41. The van der Waals surface area contributed by atoms with Crippen LogP contribution in [0, 0.1) is 0 Å². The van der Waals surface area contributed by atoms with Crippen molar-refractivity contribution in [2.75, 3.05) is 14.1 Å². The van der Waals surface area contributed by atoms with Crippen LogP contribution >= 0.6 is 11.6 Å². The summed E-state index contributed by atoms with van der Waals surface area (Å²) < 4.78 is 25.2. The van der Waals surface area contributed by atoms with Gasteiger partial charge in [-0.1, -0.05) is 17.7 Å². The van der Waals surface area contributed by atoms with Crippen molar-refractivity contribution in [1.82, 2.24) is 15.2 Å². The highest BCUT2D eigenvalue weighted by molar-refractivity contribution is 7.89. The van der Waals surface area contributed by atoms with Gasteiger partial charge >= 0.3 is 0 Å². The number of amides is 2. The van der Waals surface area contributed by atoms with E-state index in [2.05, 4.69) is 10.9 Å². The number of hydrazine groups is 1. The van der Waals surface area contributed by atoms with E-state index in [4.69, 9.17) is 11.6 Å². The highest BCUT2D eigenvalue weighted by atomic mass is 35.5. The van der Waals surface area contributed by atoms with E-state index in [-0.39, 0.29) is 26.8 Å². The zero-order valence-electron chi connectivity index (χ0n) is 13.9. The summed E-state index contributed by atoms with van der Waals surface area (Å²) in [5, 5.41) is 9.90. The summed E-state index contributed by atoms with van der Waals surface area (Å²) in [6.45, 7) is 0. The molecule has 0 aliphatic rings. The first-order chi connectivity index (χ1) is 12.1. The third-order valence-electron chi connectivity index (χ3n) is 3.37. The quantitative estimate of drug-likeness (QED) is 0.674. The van der Waals surface area contributed by atoms with Crippen LogP contribution in [0.4, 0.5) is 0 Å². The van der Waals surface area contributed by atoms with Crippen molar-refractivity contribution in [3.63, 3.8) is 0 Å². The second-order valence-corrected chi connectivity index (χ2v) is 7.97. The van der Waals surface area contributed by atoms with Gasteiger partial charge in [0.2, 0.25) is 10.0 Å². The van der Waals surface area contributed by atoms with Gasteiger partial charge in [-0.15, -0.1) is 0 Å². The lowest BCUT2D eigenvalue weighted by atomic mass is 10.2. The fraction of sp³-hybridized carbons (Fsp3) is 0.125. The number of benzene rings is 2. The van der Waals surface area contributed by atoms with Crippen molar-refractivity contribution in [3.05, 3.63) is 58.6 Å². The van der Waals surface area contributed by atoms with Crippen LogP contribution in [0.2, 0.25) is 5.02 Å². The standard InChI is InChI=1S/C16H16ClN3O5S/c1-20(2)26(24,25)12-5-3-4-10(8-12)15(22)18-19-16(23)13-9-11(17)6-7-14(13)21/h3-9,21H,1-2H3,(H,18,22)(H,19,23). The monoisotopic (exact) mass is 397 g/mol. The molecule has 0 spiro atoms. The lowest BCUT2D eigenvalue weighted by molar-refractivity contribution is 0.0845. The number of nitrogens with zero attached hydrogens (tertiary/aromatic N) is 1. The van der Waals surface area contributed by atoms with Gasteiger partial charge in [0.15, 0.2) is 0 Å². The van der Waals surface area contributed by atoms with Gasteiger partial charge in [0, 0.05) is 24.7 Å². The number of carbonyl (C=O) groups is 2. The van der Waals surface area contributed by atoms with E-state index in [1.165, 1.54) is 56.6 Å². The van der Waals surface area contributed by atoms with Crippen LogP contribution in [-0.4, -0.2) is 43.7 Å². The molecule has 0 aliphatic heterocycles. The summed E-state index contributed by atoms with van der Waals surface area (Å²) >= 11 is 5.77. The van der Waals surface area contributed by atoms with Crippen LogP contribution in [0.25, 0.3) is 0 Å². The predicted molar refractivity (Wildman–Crippen MR) is 95.4 cm³/mol. The molecular formula is C16H16ClN3O5S. The molecule has 0 aromatic heterocycles. The summed E-state index contributed by atoms with van der Waals surface area (Å²) in [4.78, 5) is 24.1. The van der Waals surface area contributed by atoms with Crippen molar-refractivity contribution in [1.29, 1.82) is 0 Å². The number of phenolic OH excluding ortho intramolecular Hbond substituents is 1. The summed E-state index contributed by atoms with van der Waals surface area (Å²) in [5.41, 5.74) is 4.19. The number of hydrogen-bond acceptors (Lipinski definition) is 5. The van der Waals surface area contributed by atoms with Gasteiger partial charge in [-0.05, 0) is 36.4 Å². The first-order valence-electron chi connectivity index (χ1n) is 7.24. The summed E-state index contributed by atoms with van der Waals surface area (Å²) in [7, 11) is -0.950. The Labute approximate surface area is 155 Å². The number of rotatable bonds is 4. The second kappa shape index (κ2) is 7.73.